The quantitative estimate of drug-likeness (QED) is 0.291. The van der Waals surface area contributed by atoms with E-state index in [4.69, 9.17) is 0 Å². The Bertz CT molecular complexity index is 365. The second-order valence-electron chi connectivity index (χ2n) is 4.89. The van der Waals surface area contributed by atoms with E-state index in [0.717, 1.165) is 0 Å². The monoisotopic (exact) mass is 428 g/mol. The van der Waals surface area contributed by atoms with Gasteiger partial charge in [0.2, 0.25) is 0 Å². The second kappa shape index (κ2) is 12.8. The zero-order valence-electron chi connectivity index (χ0n) is 13.2. The van der Waals surface area contributed by atoms with Crippen molar-refractivity contribution in [3.05, 3.63) is 0 Å². The normalized spacial score (nSPS) is 21.4. The molecule has 4 nitrogen and oxygen atoms in total. The van der Waals surface area contributed by atoms with E-state index in [9.17, 15) is 44.1 Å². The lowest BCUT2D eigenvalue weighted by atomic mass is 10.3. The molecule has 14 heteroatoms. The molecule has 0 amide bonds. The number of hydrogen-bond acceptors (Lipinski definition) is 4. The van der Waals surface area contributed by atoms with Crippen molar-refractivity contribution in [2.24, 2.45) is 0 Å². The molecule has 0 bridgehead atoms. The van der Waals surface area contributed by atoms with Gasteiger partial charge in [-0.2, -0.15) is 0 Å². The lowest BCUT2D eigenvalue weighted by Gasteiger charge is -2.22. The molecule has 0 aromatic heterocycles. The molecular formula is C12H18F9O4P. The van der Waals surface area contributed by atoms with Crippen LogP contribution in [0.4, 0.5) is 39.5 Å². The van der Waals surface area contributed by atoms with Crippen molar-refractivity contribution < 1.29 is 57.7 Å². The van der Waals surface area contributed by atoms with E-state index in [0.29, 0.717) is 0 Å². The number of rotatable bonds is 15. The van der Waals surface area contributed by atoms with Crippen LogP contribution in [0.25, 0.3) is 0 Å². The Kier molecular flexibility index (Phi) is 12.5. The zero-order chi connectivity index (χ0) is 20.3. The number of hydrogen-bond donors (Lipinski definition) is 0. The molecule has 0 saturated carbocycles. The molecule has 0 heterocycles. The van der Waals surface area contributed by atoms with Gasteiger partial charge < -0.3 is 0 Å². The molecule has 0 aliphatic carbocycles. The molecule has 6 atom stereocenters. The van der Waals surface area contributed by atoms with Gasteiger partial charge in [0, 0.05) is 0 Å². The topological polar surface area (TPSA) is 44.8 Å². The fourth-order valence-electron chi connectivity index (χ4n) is 1.20. The number of phosphoric acid groups is 1. The Labute approximate surface area is 143 Å². The molecule has 0 radical (unpaired) electrons. The van der Waals surface area contributed by atoms with Crippen molar-refractivity contribution >= 4 is 7.82 Å². The number of phosphoric ester groups is 1. The van der Waals surface area contributed by atoms with Crippen LogP contribution < -0.4 is 0 Å². The molecular weight excluding hydrogens is 410 g/mol. The van der Waals surface area contributed by atoms with E-state index in [1.54, 1.807) is 0 Å². The van der Waals surface area contributed by atoms with Crippen LogP contribution >= 0.6 is 7.82 Å². The zero-order valence-corrected chi connectivity index (χ0v) is 14.1. The molecule has 0 aliphatic rings. The van der Waals surface area contributed by atoms with E-state index in [2.05, 4.69) is 13.6 Å². The van der Waals surface area contributed by atoms with Crippen LogP contribution in [0.5, 0.6) is 0 Å². The summed E-state index contributed by atoms with van der Waals surface area (Å²) in [5.41, 5.74) is 0. The summed E-state index contributed by atoms with van der Waals surface area (Å²) >= 11 is 0. The molecule has 0 saturated heterocycles. The van der Waals surface area contributed by atoms with E-state index in [1.807, 2.05) is 0 Å². The van der Waals surface area contributed by atoms with Crippen LogP contribution in [-0.2, 0) is 18.1 Å². The molecule has 0 aliphatic heterocycles. The Morgan fingerprint density at radius 3 is 0.962 bits per heavy atom. The Morgan fingerprint density at radius 1 is 0.538 bits per heavy atom. The highest BCUT2D eigenvalue weighted by Gasteiger charge is 2.35. The van der Waals surface area contributed by atoms with Crippen LogP contribution in [0.3, 0.4) is 0 Å². The standard InChI is InChI=1S/C12H18F9O4P/c13-1-7(16)10(19)4-23-26(22,24-5-11(20)8(17)2-14)25-6-12(21)9(18)3-15/h7-12H,1-6H2. The minimum atomic E-state index is -5.12. The summed E-state index contributed by atoms with van der Waals surface area (Å²) in [6.07, 6.45) is -16.1. The Hall–Kier alpha value is -0.520. The fraction of sp³-hybridized carbons (Fsp3) is 1.00. The van der Waals surface area contributed by atoms with Crippen molar-refractivity contribution in [2.45, 2.75) is 37.0 Å². The van der Waals surface area contributed by atoms with Crippen LogP contribution in [0, 0.1) is 0 Å². The van der Waals surface area contributed by atoms with Gasteiger partial charge in [-0.3, -0.25) is 13.6 Å². The van der Waals surface area contributed by atoms with Crippen LogP contribution in [0.1, 0.15) is 0 Å². The van der Waals surface area contributed by atoms with Gasteiger partial charge >= 0.3 is 7.82 Å². The first kappa shape index (κ1) is 25.5. The first-order valence-corrected chi connectivity index (χ1v) is 8.62. The maximum atomic E-state index is 13.2. The van der Waals surface area contributed by atoms with Crippen LogP contribution in [0.2, 0.25) is 0 Å². The summed E-state index contributed by atoms with van der Waals surface area (Å²) in [6, 6.07) is 0. The lowest BCUT2D eigenvalue weighted by Crippen LogP contribution is -2.28. The molecule has 0 rings (SSSR count). The minimum Gasteiger partial charge on any atom is -0.284 e. The molecule has 6 unspecified atom stereocenters. The van der Waals surface area contributed by atoms with Gasteiger partial charge in [-0.1, -0.05) is 0 Å². The SMILES string of the molecule is O=P(OCC(F)C(F)CF)(OCC(F)C(F)CF)OCC(F)C(F)CF. The van der Waals surface area contributed by atoms with Gasteiger partial charge in [0.1, 0.15) is 20.0 Å². The predicted octanol–water partition coefficient (Wildman–Crippen LogP) is 4.08. The summed E-state index contributed by atoms with van der Waals surface area (Å²) < 4.78 is 138. The number of halogens is 9. The van der Waals surface area contributed by atoms with Crippen molar-refractivity contribution in [3.8, 4) is 0 Å². The van der Waals surface area contributed by atoms with Crippen LogP contribution in [-0.4, -0.2) is 76.9 Å². The van der Waals surface area contributed by atoms with Crippen molar-refractivity contribution in [1.29, 1.82) is 0 Å². The fourth-order valence-corrected chi connectivity index (χ4v) is 2.40. The summed E-state index contributed by atoms with van der Waals surface area (Å²) in [4.78, 5) is 0. The van der Waals surface area contributed by atoms with Gasteiger partial charge in [0.05, 0.1) is 19.8 Å². The van der Waals surface area contributed by atoms with Crippen molar-refractivity contribution in [2.75, 3.05) is 39.8 Å². The van der Waals surface area contributed by atoms with Crippen LogP contribution in [0.15, 0.2) is 0 Å². The van der Waals surface area contributed by atoms with Gasteiger partial charge in [-0.05, 0) is 0 Å². The highest BCUT2D eigenvalue weighted by atomic mass is 31.2. The number of alkyl halides is 9. The lowest BCUT2D eigenvalue weighted by molar-refractivity contribution is 0.0193. The molecule has 0 N–H and O–H groups in total. The van der Waals surface area contributed by atoms with E-state index < -0.39 is 84.7 Å². The molecule has 0 aromatic carbocycles. The molecule has 0 fully saturated rings. The van der Waals surface area contributed by atoms with Gasteiger partial charge in [-0.25, -0.2) is 44.1 Å². The Morgan fingerprint density at radius 2 is 0.769 bits per heavy atom. The van der Waals surface area contributed by atoms with Crippen molar-refractivity contribution in [1.82, 2.24) is 0 Å². The van der Waals surface area contributed by atoms with Gasteiger partial charge in [-0.15, -0.1) is 0 Å². The first-order chi connectivity index (χ1) is 12.1. The van der Waals surface area contributed by atoms with Crippen molar-refractivity contribution in [3.63, 3.8) is 0 Å². The highest BCUT2D eigenvalue weighted by Crippen LogP contribution is 2.50. The van der Waals surface area contributed by atoms with E-state index in [1.165, 1.54) is 0 Å². The van der Waals surface area contributed by atoms with Gasteiger partial charge in [0.15, 0.2) is 37.0 Å². The maximum absolute atomic E-state index is 13.2. The average molecular weight is 428 g/mol. The smallest absolute Gasteiger partial charge is 0.284 e. The van der Waals surface area contributed by atoms with Gasteiger partial charge in [0.25, 0.3) is 0 Å². The molecule has 26 heavy (non-hydrogen) atoms. The molecule has 0 aromatic rings. The molecule has 0 spiro atoms. The summed E-state index contributed by atoms with van der Waals surface area (Å²) in [7, 11) is -5.12. The maximum Gasteiger partial charge on any atom is 0.475 e. The minimum absolute atomic E-state index is 1.46. The molecule has 158 valence electrons. The summed E-state index contributed by atoms with van der Waals surface area (Å²) in [5, 5.41) is 0. The second-order valence-corrected chi connectivity index (χ2v) is 6.56. The third-order valence-corrected chi connectivity index (χ3v) is 4.19. The third-order valence-electron chi connectivity index (χ3n) is 2.80. The third kappa shape index (κ3) is 9.43. The van der Waals surface area contributed by atoms with E-state index in [-0.39, 0.29) is 0 Å². The summed E-state index contributed by atoms with van der Waals surface area (Å²) in [5.74, 6) is 0. The highest BCUT2D eigenvalue weighted by molar-refractivity contribution is 7.48. The van der Waals surface area contributed by atoms with E-state index >= 15 is 0 Å². The predicted molar refractivity (Wildman–Crippen MR) is 72.8 cm³/mol. The first-order valence-electron chi connectivity index (χ1n) is 7.16. The summed E-state index contributed by atoms with van der Waals surface area (Å²) in [6.45, 7) is -9.68. The Balaban J connectivity index is 4.86. The average Bonchev–Trinajstić information content (AvgIpc) is 2.66. The largest absolute Gasteiger partial charge is 0.475 e.